The van der Waals surface area contributed by atoms with Gasteiger partial charge in [-0.2, -0.15) is 0 Å². The summed E-state index contributed by atoms with van der Waals surface area (Å²) in [7, 11) is 0. The van der Waals surface area contributed by atoms with Crippen LogP contribution in [0.15, 0.2) is 18.5 Å². The number of hydrogen-bond acceptors (Lipinski definition) is 3. The van der Waals surface area contributed by atoms with Crippen LogP contribution in [0.5, 0.6) is 0 Å². The Morgan fingerprint density at radius 1 is 1.69 bits per heavy atom. The van der Waals surface area contributed by atoms with Crippen LogP contribution in [0.1, 0.15) is 23.6 Å². The topological polar surface area (TPSA) is 82.0 Å². The summed E-state index contributed by atoms with van der Waals surface area (Å²) in [5.41, 5.74) is 12.7. The monoisotopic (exact) mass is 179 g/mol. The predicted molar refractivity (Wildman–Crippen MR) is 49.7 cm³/mol. The number of primary amides is 1. The zero-order chi connectivity index (χ0) is 9.84. The smallest absolute Gasteiger partial charge is 0.219 e. The average molecular weight is 179 g/mol. The van der Waals surface area contributed by atoms with Gasteiger partial charge in [0.2, 0.25) is 5.91 Å². The summed E-state index contributed by atoms with van der Waals surface area (Å²) in [5.74, 6) is -0.393. The molecule has 1 heterocycles. The molecule has 0 fully saturated rings. The van der Waals surface area contributed by atoms with Crippen LogP contribution >= 0.6 is 0 Å². The van der Waals surface area contributed by atoms with Gasteiger partial charge in [-0.1, -0.05) is 0 Å². The van der Waals surface area contributed by atoms with Crippen molar-refractivity contribution in [1.82, 2.24) is 4.98 Å². The van der Waals surface area contributed by atoms with Gasteiger partial charge in [-0.3, -0.25) is 9.78 Å². The van der Waals surface area contributed by atoms with Gasteiger partial charge in [-0.15, -0.1) is 0 Å². The van der Waals surface area contributed by atoms with E-state index in [0.29, 0.717) is 0 Å². The molecular formula is C9H13N3O. The molecule has 1 amide bonds. The van der Waals surface area contributed by atoms with Crippen molar-refractivity contribution in [3.05, 3.63) is 29.6 Å². The Hall–Kier alpha value is -1.42. The van der Waals surface area contributed by atoms with Crippen molar-refractivity contribution in [3.8, 4) is 0 Å². The fourth-order valence-electron chi connectivity index (χ4n) is 1.19. The molecular weight excluding hydrogens is 166 g/mol. The first-order chi connectivity index (χ1) is 6.11. The Labute approximate surface area is 77.0 Å². The molecule has 4 N–H and O–H groups in total. The number of aryl methyl sites for hydroxylation is 1. The largest absolute Gasteiger partial charge is 0.370 e. The van der Waals surface area contributed by atoms with Gasteiger partial charge in [0.15, 0.2) is 0 Å². The quantitative estimate of drug-likeness (QED) is 0.698. The van der Waals surface area contributed by atoms with Gasteiger partial charge >= 0.3 is 0 Å². The molecule has 4 nitrogen and oxygen atoms in total. The molecule has 13 heavy (non-hydrogen) atoms. The maximum atomic E-state index is 10.6. The molecule has 0 saturated carbocycles. The van der Waals surface area contributed by atoms with Crippen molar-refractivity contribution in [1.29, 1.82) is 0 Å². The minimum absolute atomic E-state index is 0.159. The van der Waals surface area contributed by atoms with Crippen LogP contribution in [0, 0.1) is 6.92 Å². The molecule has 0 radical (unpaired) electrons. The third kappa shape index (κ3) is 2.52. The summed E-state index contributed by atoms with van der Waals surface area (Å²) >= 11 is 0. The average Bonchev–Trinajstić information content (AvgIpc) is 2.03. The third-order valence-electron chi connectivity index (χ3n) is 1.90. The second-order valence-corrected chi connectivity index (χ2v) is 3.01. The number of hydrogen-bond donors (Lipinski definition) is 2. The van der Waals surface area contributed by atoms with Gasteiger partial charge in [-0.05, 0) is 24.1 Å². The number of rotatable bonds is 3. The lowest BCUT2D eigenvalue weighted by molar-refractivity contribution is -0.118. The summed E-state index contributed by atoms with van der Waals surface area (Å²) in [6, 6.07) is 1.52. The van der Waals surface area contributed by atoms with Crippen LogP contribution in [-0.2, 0) is 4.79 Å². The number of carbonyl (C=O) groups is 1. The van der Waals surface area contributed by atoms with E-state index in [0.717, 1.165) is 11.1 Å². The fourth-order valence-corrected chi connectivity index (χ4v) is 1.19. The predicted octanol–water partition coefficient (Wildman–Crippen LogP) is 0.265. The standard InChI is InChI=1S/C9H13N3O/c1-6-2-3-12-5-7(6)8(10)4-9(11)13/h2-3,5,8H,4,10H2,1H3,(H2,11,13)/t8-/m1/s1. The van der Waals surface area contributed by atoms with Crippen molar-refractivity contribution in [3.63, 3.8) is 0 Å². The molecule has 1 aromatic heterocycles. The lowest BCUT2D eigenvalue weighted by atomic mass is 10.0. The number of nitrogens with zero attached hydrogens (tertiary/aromatic N) is 1. The third-order valence-corrected chi connectivity index (χ3v) is 1.90. The van der Waals surface area contributed by atoms with Gasteiger partial charge < -0.3 is 11.5 Å². The maximum Gasteiger partial charge on any atom is 0.219 e. The van der Waals surface area contributed by atoms with Gasteiger partial charge in [0.25, 0.3) is 0 Å². The van der Waals surface area contributed by atoms with E-state index in [9.17, 15) is 4.79 Å². The summed E-state index contributed by atoms with van der Waals surface area (Å²) < 4.78 is 0. The number of nitrogens with two attached hydrogens (primary N) is 2. The highest BCUT2D eigenvalue weighted by Crippen LogP contribution is 2.16. The Kier molecular flexibility index (Phi) is 2.97. The van der Waals surface area contributed by atoms with Crippen molar-refractivity contribution in [2.75, 3.05) is 0 Å². The van der Waals surface area contributed by atoms with Crippen LogP contribution in [-0.4, -0.2) is 10.9 Å². The van der Waals surface area contributed by atoms with E-state index in [4.69, 9.17) is 11.5 Å². The van der Waals surface area contributed by atoms with E-state index in [1.807, 2.05) is 13.0 Å². The SMILES string of the molecule is Cc1ccncc1[C@H](N)CC(N)=O. The Morgan fingerprint density at radius 3 is 2.92 bits per heavy atom. The Bertz CT molecular complexity index is 311. The summed E-state index contributed by atoms with van der Waals surface area (Å²) in [4.78, 5) is 14.6. The highest BCUT2D eigenvalue weighted by Gasteiger charge is 2.11. The normalized spacial score (nSPS) is 12.5. The van der Waals surface area contributed by atoms with E-state index in [2.05, 4.69) is 4.98 Å². The zero-order valence-electron chi connectivity index (χ0n) is 7.53. The number of carbonyl (C=O) groups excluding carboxylic acids is 1. The highest BCUT2D eigenvalue weighted by atomic mass is 16.1. The van der Waals surface area contributed by atoms with Crippen molar-refractivity contribution in [2.45, 2.75) is 19.4 Å². The first-order valence-corrected chi connectivity index (χ1v) is 4.05. The Balaban J connectivity index is 2.82. The summed E-state index contributed by atoms with van der Waals surface area (Å²) in [5, 5.41) is 0. The minimum Gasteiger partial charge on any atom is -0.370 e. The van der Waals surface area contributed by atoms with E-state index in [1.165, 1.54) is 0 Å². The van der Waals surface area contributed by atoms with Crippen molar-refractivity contribution >= 4 is 5.91 Å². The molecule has 0 aliphatic rings. The van der Waals surface area contributed by atoms with Crippen LogP contribution < -0.4 is 11.5 Å². The van der Waals surface area contributed by atoms with E-state index >= 15 is 0 Å². The molecule has 1 rings (SSSR count). The minimum atomic E-state index is -0.393. The maximum absolute atomic E-state index is 10.6. The van der Waals surface area contributed by atoms with Gasteiger partial charge in [0.1, 0.15) is 0 Å². The van der Waals surface area contributed by atoms with E-state index in [1.54, 1.807) is 12.4 Å². The second kappa shape index (κ2) is 4.00. The van der Waals surface area contributed by atoms with Crippen LogP contribution in [0.4, 0.5) is 0 Å². The number of amides is 1. The first-order valence-electron chi connectivity index (χ1n) is 4.05. The molecule has 0 aliphatic heterocycles. The lowest BCUT2D eigenvalue weighted by Crippen LogP contribution is -2.21. The first kappa shape index (κ1) is 9.67. The Morgan fingerprint density at radius 2 is 2.38 bits per heavy atom. The molecule has 4 heteroatoms. The van der Waals surface area contributed by atoms with Gasteiger partial charge in [-0.25, -0.2) is 0 Å². The molecule has 0 aliphatic carbocycles. The van der Waals surface area contributed by atoms with Crippen molar-refractivity contribution in [2.24, 2.45) is 11.5 Å². The van der Waals surface area contributed by atoms with Crippen molar-refractivity contribution < 1.29 is 4.79 Å². The van der Waals surface area contributed by atoms with Crippen LogP contribution in [0.3, 0.4) is 0 Å². The van der Waals surface area contributed by atoms with Crippen LogP contribution in [0.2, 0.25) is 0 Å². The molecule has 0 spiro atoms. The number of pyridine rings is 1. The van der Waals surface area contributed by atoms with Crippen LogP contribution in [0.25, 0.3) is 0 Å². The summed E-state index contributed by atoms with van der Waals surface area (Å²) in [6.45, 7) is 1.93. The molecule has 0 bridgehead atoms. The van der Waals surface area contributed by atoms with E-state index in [-0.39, 0.29) is 12.5 Å². The molecule has 0 unspecified atom stereocenters. The summed E-state index contributed by atoms with van der Waals surface area (Å²) in [6.07, 6.45) is 3.52. The highest BCUT2D eigenvalue weighted by molar-refractivity contribution is 5.74. The van der Waals surface area contributed by atoms with Gasteiger partial charge in [0, 0.05) is 24.9 Å². The molecule has 1 atom stereocenters. The second-order valence-electron chi connectivity index (χ2n) is 3.01. The van der Waals surface area contributed by atoms with Gasteiger partial charge in [0.05, 0.1) is 0 Å². The molecule has 1 aromatic rings. The number of aromatic nitrogens is 1. The molecule has 0 aromatic carbocycles. The zero-order valence-corrected chi connectivity index (χ0v) is 7.53. The van der Waals surface area contributed by atoms with E-state index < -0.39 is 5.91 Å². The molecule has 70 valence electrons. The lowest BCUT2D eigenvalue weighted by Gasteiger charge is -2.11. The molecule has 0 saturated heterocycles. The fraction of sp³-hybridized carbons (Fsp3) is 0.333.